The Morgan fingerprint density at radius 2 is 2.32 bits per heavy atom. The molecule has 1 unspecified atom stereocenters. The Hall–Kier alpha value is -1.66. The van der Waals surface area contributed by atoms with Gasteiger partial charge in [-0.1, -0.05) is 20.3 Å². The number of nitrogen functional groups attached to an aromatic ring is 1. The van der Waals surface area contributed by atoms with Gasteiger partial charge in [-0.05, 0) is 30.9 Å². The van der Waals surface area contributed by atoms with Gasteiger partial charge in [-0.2, -0.15) is 5.10 Å². The van der Waals surface area contributed by atoms with Gasteiger partial charge in [0.05, 0.1) is 18.4 Å². The third-order valence-electron chi connectivity index (χ3n) is 4.24. The Kier molecular flexibility index (Phi) is 4.59. The molecule has 0 aliphatic carbocycles. The van der Waals surface area contributed by atoms with Crippen molar-refractivity contribution in [1.82, 2.24) is 14.6 Å². The van der Waals surface area contributed by atoms with Crippen LogP contribution in [0.2, 0.25) is 0 Å². The summed E-state index contributed by atoms with van der Waals surface area (Å²) in [7, 11) is 0. The van der Waals surface area contributed by atoms with Crippen molar-refractivity contribution >= 4 is 11.3 Å². The molecule has 22 heavy (non-hydrogen) atoms. The molecule has 2 aromatic rings. The number of hydrogen-bond acceptors (Lipinski definition) is 5. The summed E-state index contributed by atoms with van der Waals surface area (Å²) in [6.45, 7) is 5.86. The fraction of sp³-hybridized carbons (Fsp3) is 0.625. The van der Waals surface area contributed by atoms with E-state index in [2.05, 4.69) is 23.9 Å². The Labute approximate surface area is 130 Å². The number of nitrogens with zero attached hydrogens (tertiary/aromatic N) is 3. The maximum absolute atomic E-state index is 6.20. The maximum atomic E-state index is 6.20. The predicted molar refractivity (Wildman–Crippen MR) is 84.5 cm³/mol. The summed E-state index contributed by atoms with van der Waals surface area (Å²) in [6.07, 6.45) is 4.92. The highest BCUT2D eigenvalue weighted by Gasteiger charge is 2.35. The van der Waals surface area contributed by atoms with Crippen molar-refractivity contribution in [3.8, 4) is 0 Å². The van der Waals surface area contributed by atoms with Crippen LogP contribution in [0.1, 0.15) is 44.9 Å². The molecule has 1 fully saturated rings. The highest BCUT2D eigenvalue weighted by atomic mass is 16.5. The molecule has 3 heterocycles. The van der Waals surface area contributed by atoms with Crippen LogP contribution in [0.25, 0.3) is 5.52 Å². The molecule has 1 aliphatic heterocycles. The van der Waals surface area contributed by atoms with Crippen molar-refractivity contribution in [1.29, 1.82) is 0 Å². The first-order valence-electron chi connectivity index (χ1n) is 8.02. The number of nitrogens with two attached hydrogens (primary N) is 1. The second-order valence-corrected chi connectivity index (χ2v) is 6.02. The molecule has 0 amide bonds. The van der Waals surface area contributed by atoms with Crippen molar-refractivity contribution < 1.29 is 9.47 Å². The zero-order chi connectivity index (χ0) is 15.5. The van der Waals surface area contributed by atoms with Crippen LogP contribution in [0.5, 0.6) is 0 Å². The van der Waals surface area contributed by atoms with Gasteiger partial charge in [0.15, 0.2) is 5.82 Å². The van der Waals surface area contributed by atoms with Crippen LogP contribution in [0.3, 0.4) is 0 Å². The lowest BCUT2D eigenvalue weighted by atomic mass is 10.00. The molecule has 3 atom stereocenters. The molecule has 0 spiro atoms. The Balaban J connectivity index is 1.70. The SMILES string of the molecule is CCCCOCC1C[C@H](C)[C@H](c2ccc3c(N)ncnn23)O1. The molecule has 2 N–H and O–H groups in total. The number of aromatic nitrogens is 3. The summed E-state index contributed by atoms with van der Waals surface area (Å²) >= 11 is 0. The van der Waals surface area contributed by atoms with Gasteiger partial charge in [-0.15, -0.1) is 0 Å². The topological polar surface area (TPSA) is 74.7 Å². The molecular formula is C16H24N4O2. The highest BCUT2D eigenvalue weighted by Crippen LogP contribution is 2.38. The number of unbranched alkanes of at least 4 members (excludes halogenated alkanes) is 1. The van der Waals surface area contributed by atoms with Gasteiger partial charge in [-0.25, -0.2) is 9.50 Å². The number of rotatable bonds is 6. The van der Waals surface area contributed by atoms with Crippen molar-refractivity contribution in [2.45, 2.75) is 45.3 Å². The van der Waals surface area contributed by atoms with Gasteiger partial charge in [0.25, 0.3) is 0 Å². The summed E-state index contributed by atoms with van der Waals surface area (Å²) in [4.78, 5) is 4.02. The van der Waals surface area contributed by atoms with Crippen LogP contribution < -0.4 is 5.73 Å². The van der Waals surface area contributed by atoms with Crippen molar-refractivity contribution in [2.75, 3.05) is 18.9 Å². The van der Waals surface area contributed by atoms with Crippen molar-refractivity contribution in [3.05, 3.63) is 24.2 Å². The van der Waals surface area contributed by atoms with E-state index in [1.165, 1.54) is 6.33 Å². The summed E-state index contributed by atoms with van der Waals surface area (Å²) in [6, 6.07) is 3.98. The molecule has 120 valence electrons. The Bertz CT molecular complexity index is 628. The molecule has 3 rings (SSSR count). The van der Waals surface area contributed by atoms with Crippen LogP contribution in [0.4, 0.5) is 5.82 Å². The average Bonchev–Trinajstić information content (AvgIpc) is 3.08. The summed E-state index contributed by atoms with van der Waals surface area (Å²) < 4.78 is 13.7. The second kappa shape index (κ2) is 6.62. The molecule has 0 bridgehead atoms. The monoisotopic (exact) mass is 304 g/mol. The lowest BCUT2D eigenvalue weighted by molar-refractivity contribution is -0.0216. The lowest BCUT2D eigenvalue weighted by Gasteiger charge is -2.15. The molecular weight excluding hydrogens is 280 g/mol. The van der Waals surface area contributed by atoms with Gasteiger partial charge in [-0.3, -0.25) is 0 Å². The van der Waals surface area contributed by atoms with Gasteiger partial charge in [0, 0.05) is 6.61 Å². The fourth-order valence-electron chi connectivity index (χ4n) is 3.05. The normalized spacial score (nSPS) is 25.1. The van der Waals surface area contributed by atoms with Crippen molar-refractivity contribution in [3.63, 3.8) is 0 Å². The minimum atomic E-state index is 0.0246. The zero-order valence-electron chi connectivity index (χ0n) is 13.2. The van der Waals surface area contributed by atoms with E-state index in [0.717, 1.165) is 37.1 Å². The van der Waals surface area contributed by atoms with Crippen LogP contribution >= 0.6 is 0 Å². The van der Waals surface area contributed by atoms with E-state index in [4.69, 9.17) is 15.2 Å². The summed E-state index contributed by atoms with van der Waals surface area (Å²) in [5.74, 6) is 0.917. The molecule has 0 radical (unpaired) electrons. The van der Waals surface area contributed by atoms with E-state index in [1.807, 2.05) is 16.6 Å². The van der Waals surface area contributed by atoms with Crippen LogP contribution in [-0.2, 0) is 9.47 Å². The molecule has 6 heteroatoms. The average molecular weight is 304 g/mol. The number of anilines is 1. The van der Waals surface area contributed by atoms with E-state index in [9.17, 15) is 0 Å². The third kappa shape index (κ3) is 2.94. The Morgan fingerprint density at radius 3 is 3.14 bits per heavy atom. The van der Waals surface area contributed by atoms with Gasteiger partial charge in [0.2, 0.25) is 0 Å². The second-order valence-electron chi connectivity index (χ2n) is 6.02. The summed E-state index contributed by atoms with van der Waals surface area (Å²) in [5, 5.41) is 4.31. The first kappa shape index (κ1) is 15.2. The first-order valence-corrected chi connectivity index (χ1v) is 8.02. The van der Waals surface area contributed by atoms with Crippen LogP contribution in [0, 0.1) is 5.92 Å². The minimum absolute atomic E-state index is 0.0246. The predicted octanol–water partition coefficient (Wildman–Crippen LogP) is 2.59. The van der Waals surface area contributed by atoms with Gasteiger partial charge in [0.1, 0.15) is 17.9 Å². The smallest absolute Gasteiger partial charge is 0.151 e. The third-order valence-corrected chi connectivity index (χ3v) is 4.24. The molecule has 1 aliphatic rings. The van der Waals surface area contributed by atoms with Crippen LogP contribution in [-0.4, -0.2) is 33.9 Å². The fourth-order valence-corrected chi connectivity index (χ4v) is 3.05. The molecule has 1 saturated heterocycles. The van der Waals surface area contributed by atoms with E-state index in [0.29, 0.717) is 18.3 Å². The quantitative estimate of drug-likeness (QED) is 0.830. The largest absolute Gasteiger partial charge is 0.382 e. The number of hydrogen-bond donors (Lipinski definition) is 1. The van der Waals surface area contributed by atoms with E-state index < -0.39 is 0 Å². The van der Waals surface area contributed by atoms with Gasteiger partial charge < -0.3 is 15.2 Å². The molecule has 0 aromatic carbocycles. The Morgan fingerprint density at radius 1 is 1.45 bits per heavy atom. The highest BCUT2D eigenvalue weighted by molar-refractivity contribution is 5.65. The van der Waals surface area contributed by atoms with Gasteiger partial charge >= 0.3 is 0 Å². The first-order chi connectivity index (χ1) is 10.7. The maximum Gasteiger partial charge on any atom is 0.151 e. The lowest BCUT2D eigenvalue weighted by Crippen LogP contribution is -2.16. The molecule has 0 saturated carbocycles. The van der Waals surface area contributed by atoms with E-state index >= 15 is 0 Å². The number of fused-ring (bicyclic) bond motifs is 1. The van der Waals surface area contributed by atoms with Crippen molar-refractivity contribution in [2.24, 2.45) is 5.92 Å². The van der Waals surface area contributed by atoms with E-state index in [1.54, 1.807) is 0 Å². The standard InChI is InChI=1S/C16H24N4O2/c1-3-4-7-21-9-12-8-11(2)15(22-12)13-5-6-14-16(17)18-10-19-20(13)14/h5-6,10-12,15H,3-4,7-9H2,1-2H3,(H2,17,18,19)/t11-,12?,15+/m0/s1. The number of ether oxygens (including phenoxy) is 2. The molecule has 6 nitrogen and oxygen atoms in total. The van der Waals surface area contributed by atoms with E-state index in [-0.39, 0.29) is 12.2 Å². The minimum Gasteiger partial charge on any atom is -0.382 e. The zero-order valence-corrected chi connectivity index (χ0v) is 13.2. The molecule has 2 aromatic heterocycles. The summed E-state index contributed by atoms with van der Waals surface area (Å²) in [5.41, 5.74) is 7.76. The van der Waals surface area contributed by atoms with Crippen LogP contribution in [0.15, 0.2) is 18.5 Å².